The summed E-state index contributed by atoms with van der Waals surface area (Å²) < 4.78 is 6.86. The minimum absolute atomic E-state index is 0.254. The number of aromatic amines is 1. The first-order valence-electron chi connectivity index (χ1n) is 10.4. The van der Waals surface area contributed by atoms with E-state index in [1.54, 1.807) is 29.8 Å². The van der Waals surface area contributed by atoms with Crippen LogP contribution in [0.2, 0.25) is 0 Å². The van der Waals surface area contributed by atoms with Gasteiger partial charge in [0.2, 0.25) is 0 Å². The highest BCUT2D eigenvalue weighted by Crippen LogP contribution is 2.23. The predicted octanol–water partition coefficient (Wildman–Crippen LogP) is 3.48. The summed E-state index contributed by atoms with van der Waals surface area (Å²) in [6.45, 7) is 2.35. The van der Waals surface area contributed by atoms with E-state index in [0.29, 0.717) is 34.4 Å². The second-order valence-corrected chi connectivity index (χ2v) is 7.77. The fraction of sp³-hybridized carbons (Fsp3) is 0.120. The van der Waals surface area contributed by atoms with Crippen LogP contribution in [-0.2, 0) is 6.54 Å². The quantitative estimate of drug-likeness (QED) is 0.437. The number of aromatic nitrogens is 4. The molecular weight excluding hydrogens is 418 g/mol. The first kappa shape index (κ1) is 20.4. The fourth-order valence-electron chi connectivity index (χ4n) is 3.74. The van der Waals surface area contributed by atoms with Gasteiger partial charge in [0.1, 0.15) is 11.4 Å². The highest BCUT2D eigenvalue weighted by atomic mass is 16.5. The van der Waals surface area contributed by atoms with Gasteiger partial charge < -0.3 is 10.1 Å². The van der Waals surface area contributed by atoms with Gasteiger partial charge in [0.25, 0.3) is 11.5 Å². The summed E-state index contributed by atoms with van der Waals surface area (Å²) in [5, 5.41) is 10.6. The molecule has 2 heterocycles. The van der Waals surface area contributed by atoms with Crippen molar-refractivity contribution in [1.29, 1.82) is 0 Å². The monoisotopic (exact) mass is 439 g/mol. The summed E-state index contributed by atoms with van der Waals surface area (Å²) in [6, 6.07) is 20.2. The molecule has 0 aliphatic carbocycles. The zero-order valence-electron chi connectivity index (χ0n) is 18.1. The average Bonchev–Trinajstić information content (AvgIpc) is 3.27. The Hall–Kier alpha value is -4.46. The van der Waals surface area contributed by atoms with Crippen molar-refractivity contribution in [2.75, 3.05) is 7.11 Å². The minimum atomic E-state index is -0.372. The molecule has 0 saturated heterocycles. The maximum absolute atomic E-state index is 12.8. The molecule has 33 heavy (non-hydrogen) atoms. The van der Waals surface area contributed by atoms with Gasteiger partial charge in [0, 0.05) is 17.7 Å². The maximum atomic E-state index is 12.8. The Bertz CT molecular complexity index is 1550. The smallest absolute Gasteiger partial charge is 0.281 e. The number of amides is 1. The molecule has 0 aliphatic rings. The highest BCUT2D eigenvalue weighted by molar-refractivity contribution is 5.98. The van der Waals surface area contributed by atoms with Crippen LogP contribution in [0.15, 0.2) is 71.5 Å². The molecule has 1 amide bonds. The van der Waals surface area contributed by atoms with E-state index in [9.17, 15) is 9.59 Å². The van der Waals surface area contributed by atoms with Gasteiger partial charge in [-0.15, -0.1) is 0 Å². The third kappa shape index (κ3) is 3.82. The van der Waals surface area contributed by atoms with Crippen LogP contribution < -0.4 is 15.6 Å². The number of hydrogen-bond donors (Lipinski definition) is 2. The molecule has 5 aromatic rings. The number of carbonyl (C=O) groups is 1. The number of hydrogen-bond acceptors (Lipinski definition) is 5. The Morgan fingerprint density at radius 2 is 1.91 bits per heavy atom. The molecule has 164 valence electrons. The molecule has 5 rings (SSSR count). The van der Waals surface area contributed by atoms with E-state index >= 15 is 0 Å². The molecule has 0 saturated carbocycles. The van der Waals surface area contributed by atoms with Crippen LogP contribution in [0.5, 0.6) is 5.75 Å². The van der Waals surface area contributed by atoms with Gasteiger partial charge in [-0.1, -0.05) is 42.0 Å². The van der Waals surface area contributed by atoms with Crippen molar-refractivity contribution >= 4 is 22.5 Å². The van der Waals surface area contributed by atoms with Crippen LogP contribution in [0.1, 0.15) is 21.5 Å². The van der Waals surface area contributed by atoms with E-state index in [1.165, 1.54) is 0 Å². The number of ether oxygens (including phenoxy) is 1. The number of nitrogens with zero attached hydrogens (tertiary/aromatic N) is 3. The standard InChI is InChI=1S/C25H21N5O3/c1-15-6-8-17(9-7-15)22-23-27-25(32)20-11-10-18(13-21(20)30(23)29-28-22)24(31)26-14-16-4-3-5-19(12-16)33-2/h3-13,29H,14H2,1-2H3,(H,26,31). The molecule has 2 N–H and O–H groups in total. The van der Waals surface area contributed by atoms with Crippen LogP contribution in [0.3, 0.4) is 0 Å². The molecule has 3 aromatic carbocycles. The molecule has 0 aliphatic heterocycles. The number of methoxy groups -OCH3 is 1. The number of benzene rings is 3. The Kier molecular flexibility index (Phi) is 5.10. The largest absolute Gasteiger partial charge is 0.497 e. The van der Waals surface area contributed by atoms with Crippen LogP contribution in [0.4, 0.5) is 0 Å². The lowest BCUT2D eigenvalue weighted by Gasteiger charge is -2.08. The molecule has 8 heteroatoms. The molecule has 0 spiro atoms. The summed E-state index contributed by atoms with van der Waals surface area (Å²) in [6.07, 6.45) is 0. The maximum Gasteiger partial charge on any atom is 0.281 e. The van der Waals surface area contributed by atoms with Gasteiger partial charge in [-0.2, -0.15) is 10.1 Å². The first-order chi connectivity index (χ1) is 16.0. The zero-order valence-corrected chi connectivity index (χ0v) is 18.1. The molecule has 2 aromatic heterocycles. The molecule has 0 atom stereocenters. The highest BCUT2D eigenvalue weighted by Gasteiger charge is 2.16. The summed E-state index contributed by atoms with van der Waals surface area (Å²) in [4.78, 5) is 29.8. The van der Waals surface area contributed by atoms with Gasteiger partial charge in [-0.05, 0) is 42.8 Å². The first-order valence-corrected chi connectivity index (χ1v) is 10.4. The normalized spacial score (nSPS) is 11.1. The van der Waals surface area contributed by atoms with Crippen LogP contribution in [0.25, 0.3) is 27.8 Å². The van der Waals surface area contributed by atoms with Crippen LogP contribution in [0, 0.1) is 6.92 Å². The van der Waals surface area contributed by atoms with E-state index < -0.39 is 0 Å². The summed E-state index contributed by atoms with van der Waals surface area (Å²) in [5.74, 6) is 0.473. The van der Waals surface area contributed by atoms with E-state index in [2.05, 4.69) is 20.6 Å². The van der Waals surface area contributed by atoms with Crippen molar-refractivity contribution in [3.63, 3.8) is 0 Å². The summed E-state index contributed by atoms with van der Waals surface area (Å²) >= 11 is 0. The third-order valence-corrected chi connectivity index (χ3v) is 5.54. The summed E-state index contributed by atoms with van der Waals surface area (Å²) in [5.41, 5.74) is 4.45. The van der Waals surface area contributed by atoms with Crippen LogP contribution in [-0.4, -0.2) is 32.8 Å². The predicted molar refractivity (Wildman–Crippen MR) is 125 cm³/mol. The van der Waals surface area contributed by atoms with Crippen LogP contribution >= 0.6 is 0 Å². The van der Waals surface area contributed by atoms with Crippen molar-refractivity contribution in [3.8, 4) is 17.0 Å². The molecule has 0 radical (unpaired) electrons. The fourth-order valence-corrected chi connectivity index (χ4v) is 3.74. The number of aryl methyl sites for hydroxylation is 1. The van der Waals surface area contributed by atoms with Gasteiger partial charge >= 0.3 is 0 Å². The second kappa shape index (κ2) is 8.23. The number of carbonyl (C=O) groups excluding carboxylic acids is 1. The van der Waals surface area contributed by atoms with Gasteiger partial charge in [0.15, 0.2) is 5.65 Å². The summed E-state index contributed by atoms with van der Waals surface area (Å²) in [7, 11) is 1.60. The van der Waals surface area contributed by atoms with E-state index in [0.717, 1.165) is 22.4 Å². The molecule has 0 bridgehead atoms. The minimum Gasteiger partial charge on any atom is -0.497 e. The zero-order chi connectivity index (χ0) is 22.9. The van der Waals surface area contributed by atoms with E-state index in [1.807, 2.05) is 55.5 Å². The number of rotatable bonds is 5. The SMILES string of the molecule is COc1cccc(CNC(=O)c2ccc3c(=O)nc4c(-c5ccc(C)cc5)n[nH]n4c3c2)c1. The Balaban J connectivity index is 1.51. The van der Waals surface area contributed by atoms with Gasteiger partial charge in [-0.25, -0.2) is 9.73 Å². The van der Waals surface area contributed by atoms with Crippen molar-refractivity contribution in [2.45, 2.75) is 13.5 Å². The van der Waals surface area contributed by atoms with E-state index in [-0.39, 0.29) is 11.5 Å². The lowest BCUT2D eigenvalue weighted by atomic mass is 10.1. The lowest BCUT2D eigenvalue weighted by molar-refractivity contribution is 0.0951. The van der Waals surface area contributed by atoms with Crippen molar-refractivity contribution < 1.29 is 9.53 Å². The van der Waals surface area contributed by atoms with Gasteiger partial charge in [0.05, 0.1) is 18.0 Å². The molecule has 8 nitrogen and oxygen atoms in total. The molecule has 0 unspecified atom stereocenters. The number of fused-ring (bicyclic) bond motifs is 3. The Morgan fingerprint density at radius 3 is 2.70 bits per heavy atom. The Morgan fingerprint density at radius 1 is 1.09 bits per heavy atom. The average molecular weight is 439 g/mol. The van der Waals surface area contributed by atoms with Crippen molar-refractivity contribution in [2.24, 2.45) is 0 Å². The lowest BCUT2D eigenvalue weighted by Crippen LogP contribution is -2.23. The van der Waals surface area contributed by atoms with E-state index in [4.69, 9.17) is 4.74 Å². The molecular formula is C25H21N5O3. The van der Waals surface area contributed by atoms with Gasteiger partial charge in [-0.3, -0.25) is 9.59 Å². The third-order valence-electron chi connectivity index (χ3n) is 5.54. The second-order valence-electron chi connectivity index (χ2n) is 7.77. The number of H-pyrrole nitrogens is 1. The van der Waals surface area contributed by atoms with Crippen molar-refractivity contribution in [1.82, 2.24) is 25.1 Å². The number of nitrogens with one attached hydrogen (secondary N) is 2. The van der Waals surface area contributed by atoms with Crippen molar-refractivity contribution in [3.05, 3.63) is 93.8 Å². The Labute approximate surface area is 188 Å². The topological polar surface area (TPSA) is 101 Å². The molecule has 0 fully saturated rings.